The zero-order valence-electron chi connectivity index (χ0n) is 11.5. The first-order chi connectivity index (χ1) is 9.74. The Bertz CT molecular complexity index is 587. The van der Waals surface area contributed by atoms with Crippen molar-refractivity contribution in [2.75, 3.05) is 18.4 Å². The van der Waals surface area contributed by atoms with Crippen molar-refractivity contribution < 1.29 is 0 Å². The summed E-state index contributed by atoms with van der Waals surface area (Å²) in [6, 6.07) is 8.34. The van der Waals surface area contributed by atoms with Gasteiger partial charge in [-0.3, -0.25) is 5.10 Å². The van der Waals surface area contributed by atoms with Crippen molar-refractivity contribution in [3.05, 3.63) is 34.9 Å². The van der Waals surface area contributed by atoms with Gasteiger partial charge in [-0.2, -0.15) is 5.10 Å². The van der Waals surface area contributed by atoms with Crippen LogP contribution in [0.4, 0.5) is 5.82 Å². The number of benzene rings is 1. The van der Waals surface area contributed by atoms with Gasteiger partial charge in [0.2, 0.25) is 0 Å². The van der Waals surface area contributed by atoms with Crippen molar-refractivity contribution in [3.63, 3.8) is 0 Å². The van der Waals surface area contributed by atoms with Crippen LogP contribution >= 0.6 is 11.6 Å². The number of nitrogens with one attached hydrogen (secondary N) is 3. The van der Waals surface area contributed by atoms with Crippen LogP contribution in [0.1, 0.15) is 18.4 Å². The molecule has 106 valence electrons. The van der Waals surface area contributed by atoms with Crippen LogP contribution in [0.3, 0.4) is 0 Å². The smallest absolute Gasteiger partial charge is 0.151 e. The van der Waals surface area contributed by atoms with Gasteiger partial charge in [-0.05, 0) is 45.0 Å². The molecule has 1 aliphatic heterocycles. The molecule has 0 bridgehead atoms. The molecule has 5 heteroatoms. The van der Waals surface area contributed by atoms with E-state index >= 15 is 0 Å². The summed E-state index contributed by atoms with van der Waals surface area (Å²) in [5.74, 6) is 0.951. The van der Waals surface area contributed by atoms with Crippen molar-refractivity contribution >= 4 is 17.4 Å². The fourth-order valence-electron chi connectivity index (χ4n) is 2.62. The van der Waals surface area contributed by atoms with Crippen molar-refractivity contribution in [1.82, 2.24) is 15.5 Å². The number of piperidine rings is 1. The largest absolute Gasteiger partial charge is 0.366 e. The fraction of sp³-hybridized carbons (Fsp3) is 0.400. The molecular formula is C15H19ClN4. The third-order valence-electron chi connectivity index (χ3n) is 3.80. The van der Waals surface area contributed by atoms with E-state index in [4.69, 9.17) is 11.6 Å². The average molecular weight is 291 g/mol. The monoisotopic (exact) mass is 290 g/mol. The number of hydrogen-bond donors (Lipinski definition) is 3. The van der Waals surface area contributed by atoms with Gasteiger partial charge >= 0.3 is 0 Å². The number of nitrogens with zero attached hydrogens (tertiary/aromatic N) is 1. The van der Waals surface area contributed by atoms with Crippen molar-refractivity contribution in [2.24, 2.45) is 0 Å². The van der Waals surface area contributed by atoms with Gasteiger partial charge in [0.25, 0.3) is 0 Å². The van der Waals surface area contributed by atoms with Gasteiger partial charge in [0.1, 0.15) is 0 Å². The van der Waals surface area contributed by atoms with Gasteiger partial charge in [-0.1, -0.05) is 23.7 Å². The van der Waals surface area contributed by atoms with E-state index in [-0.39, 0.29) is 0 Å². The summed E-state index contributed by atoms with van der Waals surface area (Å²) in [4.78, 5) is 0. The van der Waals surface area contributed by atoms with Crippen LogP contribution in [-0.4, -0.2) is 29.3 Å². The first kappa shape index (κ1) is 13.5. The second kappa shape index (κ2) is 5.85. The fourth-order valence-corrected chi connectivity index (χ4v) is 2.81. The SMILES string of the molecule is Cc1c(NC2CCNCC2)n[nH]c1-c1cccc(Cl)c1. The first-order valence-corrected chi connectivity index (χ1v) is 7.40. The summed E-state index contributed by atoms with van der Waals surface area (Å²) in [7, 11) is 0. The van der Waals surface area contributed by atoms with E-state index in [0.717, 1.165) is 53.6 Å². The van der Waals surface area contributed by atoms with E-state index in [9.17, 15) is 0 Å². The molecule has 0 spiro atoms. The van der Waals surface area contributed by atoms with Crippen molar-refractivity contribution in [2.45, 2.75) is 25.8 Å². The molecular weight excluding hydrogens is 272 g/mol. The highest BCUT2D eigenvalue weighted by Gasteiger charge is 2.17. The number of aromatic nitrogens is 2. The lowest BCUT2D eigenvalue weighted by atomic mass is 10.1. The zero-order chi connectivity index (χ0) is 13.9. The molecule has 1 aliphatic rings. The molecule has 4 nitrogen and oxygen atoms in total. The Labute approximate surface area is 123 Å². The Kier molecular flexibility index (Phi) is 3.94. The van der Waals surface area contributed by atoms with Crippen LogP contribution < -0.4 is 10.6 Å². The Morgan fingerprint density at radius 2 is 2.10 bits per heavy atom. The molecule has 0 amide bonds. The standard InChI is InChI=1S/C15H19ClN4/c1-10-14(11-3-2-4-12(16)9-11)19-20-15(10)18-13-5-7-17-8-6-13/h2-4,9,13,17H,5-8H2,1H3,(H2,18,19,20). The lowest BCUT2D eigenvalue weighted by molar-refractivity contribution is 0.478. The Hall–Kier alpha value is -1.52. The van der Waals surface area contributed by atoms with E-state index in [1.807, 2.05) is 24.3 Å². The van der Waals surface area contributed by atoms with E-state index < -0.39 is 0 Å². The van der Waals surface area contributed by atoms with E-state index in [1.54, 1.807) is 0 Å². The maximum Gasteiger partial charge on any atom is 0.151 e. The molecule has 1 aromatic carbocycles. The highest BCUT2D eigenvalue weighted by molar-refractivity contribution is 6.30. The summed E-state index contributed by atoms with van der Waals surface area (Å²) in [5.41, 5.74) is 3.25. The normalized spacial score (nSPS) is 16.3. The highest BCUT2D eigenvalue weighted by atomic mass is 35.5. The second-order valence-electron chi connectivity index (χ2n) is 5.25. The van der Waals surface area contributed by atoms with Gasteiger partial charge in [-0.25, -0.2) is 0 Å². The maximum absolute atomic E-state index is 6.05. The predicted octanol–water partition coefficient (Wildman–Crippen LogP) is 3.20. The Morgan fingerprint density at radius 1 is 1.30 bits per heavy atom. The number of hydrogen-bond acceptors (Lipinski definition) is 3. The van der Waals surface area contributed by atoms with Gasteiger partial charge in [-0.15, -0.1) is 0 Å². The van der Waals surface area contributed by atoms with Crippen LogP contribution in [0.2, 0.25) is 5.02 Å². The number of rotatable bonds is 3. The van der Waals surface area contributed by atoms with Gasteiger partial charge in [0, 0.05) is 22.2 Å². The Morgan fingerprint density at radius 3 is 2.85 bits per heavy atom. The molecule has 0 aliphatic carbocycles. The van der Waals surface area contributed by atoms with Gasteiger partial charge < -0.3 is 10.6 Å². The molecule has 0 unspecified atom stereocenters. The van der Waals surface area contributed by atoms with Crippen LogP contribution in [-0.2, 0) is 0 Å². The quantitative estimate of drug-likeness (QED) is 0.814. The number of halogens is 1. The first-order valence-electron chi connectivity index (χ1n) is 7.02. The summed E-state index contributed by atoms with van der Waals surface area (Å²) >= 11 is 6.05. The summed E-state index contributed by atoms with van der Waals surface area (Å²) in [5, 5.41) is 15.2. The van der Waals surface area contributed by atoms with Crippen LogP contribution in [0.25, 0.3) is 11.3 Å². The lowest BCUT2D eigenvalue weighted by Crippen LogP contribution is -2.35. The minimum absolute atomic E-state index is 0.505. The second-order valence-corrected chi connectivity index (χ2v) is 5.69. The van der Waals surface area contributed by atoms with Gasteiger partial charge in [0.15, 0.2) is 5.82 Å². The average Bonchev–Trinajstić information content (AvgIpc) is 2.81. The predicted molar refractivity (Wildman–Crippen MR) is 83.3 cm³/mol. The molecule has 1 fully saturated rings. The number of H-pyrrole nitrogens is 1. The summed E-state index contributed by atoms with van der Waals surface area (Å²) in [6.07, 6.45) is 2.28. The molecule has 3 N–H and O–H groups in total. The zero-order valence-corrected chi connectivity index (χ0v) is 12.3. The van der Waals surface area contributed by atoms with Crippen molar-refractivity contribution in [3.8, 4) is 11.3 Å². The molecule has 2 heterocycles. The summed E-state index contributed by atoms with van der Waals surface area (Å²) < 4.78 is 0. The number of anilines is 1. The third-order valence-corrected chi connectivity index (χ3v) is 4.04. The van der Waals surface area contributed by atoms with E-state index in [1.165, 1.54) is 0 Å². The van der Waals surface area contributed by atoms with E-state index in [0.29, 0.717) is 6.04 Å². The summed E-state index contributed by atoms with van der Waals surface area (Å²) in [6.45, 7) is 4.23. The molecule has 20 heavy (non-hydrogen) atoms. The molecule has 2 aromatic rings. The molecule has 1 aromatic heterocycles. The molecule has 3 rings (SSSR count). The van der Waals surface area contributed by atoms with Crippen LogP contribution in [0.5, 0.6) is 0 Å². The maximum atomic E-state index is 6.05. The van der Waals surface area contributed by atoms with Gasteiger partial charge in [0.05, 0.1) is 5.69 Å². The topological polar surface area (TPSA) is 52.7 Å². The molecule has 0 radical (unpaired) electrons. The molecule has 0 atom stereocenters. The highest BCUT2D eigenvalue weighted by Crippen LogP contribution is 2.28. The Balaban J connectivity index is 1.81. The minimum Gasteiger partial charge on any atom is -0.366 e. The molecule has 0 saturated carbocycles. The molecule has 1 saturated heterocycles. The third kappa shape index (κ3) is 2.81. The van der Waals surface area contributed by atoms with Crippen LogP contribution in [0, 0.1) is 6.92 Å². The van der Waals surface area contributed by atoms with E-state index in [2.05, 4.69) is 27.8 Å². The lowest BCUT2D eigenvalue weighted by Gasteiger charge is -2.23. The van der Waals surface area contributed by atoms with Crippen LogP contribution in [0.15, 0.2) is 24.3 Å². The number of aromatic amines is 1. The minimum atomic E-state index is 0.505. The van der Waals surface area contributed by atoms with Crippen molar-refractivity contribution in [1.29, 1.82) is 0 Å².